The lowest BCUT2D eigenvalue weighted by Gasteiger charge is -2.30. The van der Waals surface area contributed by atoms with Crippen molar-refractivity contribution in [3.05, 3.63) is 29.3 Å². The fourth-order valence-corrected chi connectivity index (χ4v) is 4.73. The molecule has 0 aliphatic carbocycles. The minimum Gasteiger partial charge on any atom is -0.492 e. The molecule has 29 heavy (non-hydrogen) atoms. The maximum Gasteiger partial charge on any atom is 0.222 e. The first kappa shape index (κ1) is 22.1. The SMILES string of the molecule is CCCN(CCCCN1CCCCC1=O)C(C)Cc1ccc2c(c1)OCC2(C)C. The van der Waals surface area contributed by atoms with Crippen molar-refractivity contribution in [3.63, 3.8) is 0 Å². The topological polar surface area (TPSA) is 32.8 Å². The summed E-state index contributed by atoms with van der Waals surface area (Å²) in [4.78, 5) is 16.7. The second-order valence-electron chi connectivity index (χ2n) is 9.64. The molecule has 3 rings (SSSR count). The highest BCUT2D eigenvalue weighted by Gasteiger charge is 2.31. The number of nitrogens with zero attached hydrogens (tertiary/aromatic N) is 2. The molecular formula is C25H40N2O2. The van der Waals surface area contributed by atoms with Crippen molar-refractivity contribution in [2.24, 2.45) is 0 Å². The number of rotatable bonds is 10. The summed E-state index contributed by atoms with van der Waals surface area (Å²) in [5, 5.41) is 0. The van der Waals surface area contributed by atoms with Crippen molar-refractivity contribution < 1.29 is 9.53 Å². The van der Waals surface area contributed by atoms with Crippen LogP contribution in [0.1, 0.15) is 77.3 Å². The van der Waals surface area contributed by atoms with Gasteiger partial charge in [-0.25, -0.2) is 0 Å². The molecule has 1 atom stereocenters. The highest BCUT2D eigenvalue weighted by molar-refractivity contribution is 5.76. The molecular weight excluding hydrogens is 360 g/mol. The van der Waals surface area contributed by atoms with E-state index >= 15 is 0 Å². The number of amides is 1. The van der Waals surface area contributed by atoms with Gasteiger partial charge in [-0.05, 0) is 70.2 Å². The van der Waals surface area contributed by atoms with Gasteiger partial charge < -0.3 is 14.5 Å². The van der Waals surface area contributed by atoms with Crippen LogP contribution < -0.4 is 4.74 Å². The van der Waals surface area contributed by atoms with Crippen LogP contribution in [0, 0.1) is 0 Å². The molecule has 0 spiro atoms. The summed E-state index contributed by atoms with van der Waals surface area (Å²) in [6.45, 7) is 14.0. The van der Waals surface area contributed by atoms with E-state index in [1.165, 1.54) is 24.0 Å². The molecule has 1 saturated heterocycles. The van der Waals surface area contributed by atoms with Crippen LogP contribution >= 0.6 is 0 Å². The predicted octanol–water partition coefficient (Wildman–Crippen LogP) is 4.79. The number of carbonyl (C=O) groups is 1. The van der Waals surface area contributed by atoms with Gasteiger partial charge in [-0.1, -0.05) is 32.9 Å². The number of hydrogen-bond acceptors (Lipinski definition) is 3. The van der Waals surface area contributed by atoms with Crippen LogP contribution in [0.2, 0.25) is 0 Å². The Labute approximate surface area is 177 Å². The summed E-state index contributed by atoms with van der Waals surface area (Å²) in [6.07, 6.45) is 7.50. The van der Waals surface area contributed by atoms with Crippen molar-refractivity contribution in [3.8, 4) is 5.75 Å². The van der Waals surface area contributed by atoms with Gasteiger partial charge in [0.2, 0.25) is 5.91 Å². The van der Waals surface area contributed by atoms with E-state index in [2.05, 4.69) is 55.7 Å². The van der Waals surface area contributed by atoms with Gasteiger partial charge >= 0.3 is 0 Å². The first-order valence-corrected chi connectivity index (χ1v) is 11.7. The van der Waals surface area contributed by atoms with E-state index in [1.54, 1.807) is 0 Å². The second kappa shape index (κ2) is 9.97. The number of hydrogen-bond donors (Lipinski definition) is 0. The zero-order chi connectivity index (χ0) is 20.9. The van der Waals surface area contributed by atoms with Crippen LogP contribution in [0.3, 0.4) is 0 Å². The monoisotopic (exact) mass is 400 g/mol. The molecule has 1 aromatic carbocycles. The van der Waals surface area contributed by atoms with Crippen LogP contribution in [0.5, 0.6) is 5.75 Å². The summed E-state index contributed by atoms with van der Waals surface area (Å²) >= 11 is 0. The molecule has 0 N–H and O–H groups in total. The van der Waals surface area contributed by atoms with E-state index < -0.39 is 0 Å². The second-order valence-corrected chi connectivity index (χ2v) is 9.64. The van der Waals surface area contributed by atoms with E-state index in [0.717, 1.165) is 70.6 Å². The van der Waals surface area contributed by atoms with Gasteiger partial charge in [0.15, 0.2) is 0 Å². The molecule has 1 fully saturated rings. The standard InChI is InChI=1S/C25H40N2O2/c1-5-13-26(14-8-9-16-27-15-7-6-10-24(27)28)20(2)17-21-11-12-22-23(18-21)29-19-25(22,3)4/h11-12,18,20H,5-10,13-17,19H2,1-4H3. The number of benzene rings is 1. The summed E-state index contributed by atoms with van der Waals surface area (Å²) in [7, 11) is 0. The molecule has 2 aliphatic rings. The van der Waals surface area contributed by atoms with Crippen molar-refractivity contribution in [2.45, 2.75) is 84.1 Å². The van der Waals surface area contributed by atoms with Gasteiger partial charge in [-0.2, -0.15) is 0 Å². The van der Waals surface area contributed by atoms with Crippen LogP contribution in [0.4, 0.5) is 0 Å². The number of unbranched alkanes of at least 4 members (excludes halogenated alkanes) is 1. The first-order valence-electron chi connectivity index (χ1n) is 11.7. The Hall–Kier alpha value is -1.55. The molecule has 162 valence electrons. The van der Waals surface area contributed by atoms with Gasteiger partial charge in [0.25, 0.3) is 0 Å². The normalized spacial score (nSPS) is 19.3. The number of piperidine rings is 1. The van der Waals surface area contributed by atoms with Gasteiger partial charge in [-0.3, -0.25) is 4.79 Å². The van der Waals surface area contributed by atoms with E-state index in [0.29, 0.717) is 11.9 Å². The molecule has 4 nitrogen and oxygen atoms in total. The average Bonchev–Trinajstić information content (AvgIpc) is 2.99. The third-order valence-corrected chi connectivity index (χ3v) is 6.57. The van der Waals surface area contributed by atoms with Crippen molar-refractivity contribution in [1.82, 2.24) is 9.80 Å². The van der Waals surface area contributed by atoms with E-state index in [4.69, 9.17) is 4.74 Å². The van der Waals surface area contributed by atoms with Gasteiger partial charge in [0.1, 0.15) is 5.75 Å². The fraction of sp³-hybridized carbons (Fsp3) is 0.720. The third-order valence-electron chi connectivity index (χ3n) is 6.57. The average molecular weight is 401 g/mol. The Kier molecular flexibility index (Phi) is 7.61. The Morgan fingerprint density at radius 1 is 1.21 bits per heavy atom. The molecule has 0 bridgehead atoms. The molecule has 0 saturated carbocycles. The highest BCUT2D eigenvalue weighted by atomic mass is 16.5. The number of ether oxygens (including phenoxy) is 1. The third kappa shape index (κ3) is 5.75. The van der Waals surface area contributed by atoms with E-state index in [9.17, 15) is 4.79 Å². The molecule has 0 aromatic heterocycles. The molecule has 2 aliphatic heterocycles. The van der Waals surface area contributed by atoms with Gasteiger partial charge in [0.05, 0.1) is 6.61 Å². The van der Waals surface area contributed by atoms with Crippen molar-refractivity contribution in [2.75, 3.05) is 32.8 Å². The molecule has 1 aromatic rings. The van der Waals surface area contributed by atoms with Crippen LogP contribution in [-0.2, 0) is 16.6 Å². The molecule has 1 unspecified atom stereocenters. The Morgan fingerprint density at radius 2 is 2.03 bits per heavy atom. The van der Waals surface area contributed by atoms with E-state index in [-0.39, 0.29) is 5.41 Å². The lowest BCUT2D eigenvalue weighted by atomic mass is 9.86. The molecule has 1 amide bonds. The largest absolute Gasteiger partial charge is 0.492 e. The quantitative estimate of drug-likeness (QED) is 0.529. The number of likely N-dealkylation sites (tertiary alicyclic amines) is 1. The molecule has 4 heteroatoms. The van der Waals surface area contributed by atoms with Crippen LogP contribution in [0.15, 0.2) is 18.2 Å². The maximum absolute atomic E-state index is 12.0. The van der Waals surface area contributed by atoms with Crippen molar-refractivity contribution >= 4 is 5.91 Å². The highest BCUT2D eigenvalue weighted by Crippen LogP contribution is 2.38. The van der Waals surface area contributed by atoms with Crippen LogP contribution in [-0.4, -0.2) is 54.5 Å². The summed E-state index contributed by atoms with van der Waals surface area (Å²) in [5.41, 5.74) is 2.84. The van der Waals surface area contributed by atoms with Crippen LogP contribution in [0.25, 0.3) is 0 Å². The van der Waals surface area contributed by atoms with Gasteiger partial charge in [0, 0.05) is 36.5 Å². The summed E-state index contributed by atoms with van der Waals surface area (Å²) in [5.74, 6) is 1.44. The van der Waals surface area contributed by atoms with E-state index in [1.807, 2.05) is 0 Å². The zero-order valence-electron chi connectivity index (χ0n) is 19.0. The zero-order valence-corrected chi connectivity index (χ0v) is 19.0. The first-order chi connectivity index (χ1) is 13.9. The smallest absolute Gasteiger partial charge is 0.222 e. The molecule has 2 heterocycles. The predicted molar refractivity (Wildman–Crippen MR) is 120 cm³/mol. The van der Waals surface area contributed by atoms with Crippen molar-refractivity contribution in [1.29, 1.82) is 0 Å². The summed E-state index contributed by atoms with van der Waals surface area (Å²) < 4.78 is 5.94. The lowest BCUT2D eigenvalue weighted by molar-refractivity contribution is -0.133. The maximum atomic E-state index is 12.0. The minimum atomic E-state index is 0.128. The Morgan fingerprint density at radius 3 is 2.79 bits per heavy atom. The van der Waals surface area contributed by atoms with Gasteiger partial charge in [-0.15, -0.1) is 0 Å². The fourth-order valence-electron chi connectivity index (χ4n) is 4.73. The lowest BCUT2D eigenvalue weighted by Crippen LogP contribution is -2.38. The number of fused-ring (bicyclic) bond motifs is 1. The Balaban J connectivity index is 1.49. The molecule has 0 radical (unpaired) electrons. The summed E-state index contributed by atoms with van der Waals surface area (Å²) in [6, 6.07) is 7.33. The Bertz CT molecular complexity index is 685. The number of carbonyl (C=O) groups excluding carboxylic acids is 1. The minimum absolute atomic E-state index is 0.128.